The summed E-state index contributed by atoms with van der Waals surface area (Å²) in [7, 11) is 0. The molecule has 1 aliphatic heterocycles. The van der Waals surface area contributed by atoms with Crippen LogP contribution in [0.25, 0.3) is 5.65 Å². The van der Waals surface area contributed by atoms with Crippen LogP contribution in [0.2, 0.25) is 5.02 Å². The number of carbonyl (C=O) groups is 1. The number of aromatic nitrogens is 4. The van der Waals surface area contributed by atoms with Crippen molar-refractivity contribution in [2.24, 2.45) is 0 Å². The third-order valence-corrected chi connectivity index (χ3v) is 6.40. The molecule has 1 atom stereocenters. The number of halogens is 1. The fourth-order valence-electron chi connectivity index (χ4n) is 4.52. The normalized spacial score (nSPS) is 14.2. The van der Waals surface area contributed by atoms with Crippen LogP contribution < -0.4 is 15.3 Å². The Morgan fingerprint density at radius 2 is 1.89 bits per heavy atom. The quantitative estimate of drug-likeness (QED) is 0.351. The van der Waals surface area contributed by atoms with Crippen molar-refractivity contribution in [3.63, 3.8) is 0 Å². The zero-order chi connectivity index (χ0) is 24.7. The highest BCUT2D eigenvalue weighted by Crippen LogP contribution is 2.48. The number of anilines is 1. The number of hydrogen-bond donors (Lipinski definition) is 0. The van der Waals surface area contributed by atoms with Crippen molar-refractivity contribution in [3.05, 3.63) is 81.0 Å². The number of benzene rings is 2. The Labute approximate surface area is 206 Å². The molecule has 35 heavy (non-hydrogen) atoms. The van der Waals surface area contributed by atoms with Crippen LogP contribution in [0, 0.1) is 0 Å². The number of ether oxygens (including phenoxy) is 2. The number of rotatable bonds is 5. The Morgan fingerprint density at radius 3 is 2.57 bits per heavy atom. The van der Waals surface area contributed by atoms with Crippen LogP contribution in [0.5, 0.6) is 11.6 Å². The number of nitrogens with zero attached hydrogens (tertiary/aromatic N) is 5. The third-order valence-electron chi connectivity index (χ3n) is 6.15. The summed E-state index contributed by atoms with van der Waals surface area (Å²) < 4.78 is 13.4. The van der Waals surface area contributed by atoms with Gasteiger partial charge in [-0.1, -0.05) is 29.8 Å². The molecule has 0 bridgehead atoms. The minimum absolute atomic E-state index is 0.121. The number of hydrogen-bond acceptors (Lipinski definition) is 7. The molecule has 1 aliphatic rings. The summed E-state index contributed by atoms with van der Waals surface area (Å²) in [5.41, 5.74) is 2.95. The van der Waals surface area contributed by atoms with Gasteiger partial charge in [0.15, 0.2) is 5.65 Å². The lowest BCUT2D eigenvalue weighted by atomic mass is 9.84. The molecule has 0 amide bonds. The summed E-state index contributed by atoms with van der Waals surface area (Å²) in [6.45, 7) is 7.71. The van der Waals surface area contributed by atoms with Crippen molar-refractivity contribution in [2.75, 3.05) is 24.6 Å². The Balaban J connectivity index is 1.76. The molecule has 180 valence electrons. The maximum absolute atomic E-state index is 12.7. The van der Waals surface area contributed by atoms with Crippen molar-refractivity contribution in [3.8, 4) is 11.6 Å². The molecule has 0 aliphatic carbocycles. The van der Waals surface area contributed by atoms with Crippen molar-refractivity contribution in [1.29, 1.82) is 0 Å². The van der Waals surface area contributed by atoms with E-state index in [1.807, 2.05) is 36.4 Å². The van der Waals surface area contributed by atoms with E-state index in [0.717, 1.165) is 34.6 Å². The first kappa shape index (κ1) is 22.9. The molecule has 1 unspecified atom stereocenters. The van der Waals surface area contributed by atoms with Gasteiger partial charge in [-0.15, -0.1) is 4.68 Å². The van der Waals surface area contributed by atoms with Gasteiger partial charge in [0.2, 0.25) is 5.88 Å². The first-order valence-electron chi connectivity index (χ1n) is 11.5. The first-order chi connectivity index (χ1) is 17.0. The van der Waals surface area contributed by atoms with Crippen LogP contribution in [-0.4, -0.2) is 45.0 Å². The lowest BCUT2D eigenvalue weighted by Gasteiger charge is -2.30. The van der Waals surface area contributed by atoms with Gasteiger partial charge in [-0.3, -0.25) is 0 Å². The summed E-state index contributed by atoms with van der Waals surface area (Å²) >= 11 is 6.17. The largest absolute Gasteiger partial charge is 0.448 e. The molecular weight excluding hydrogens is 470 g/mol. The van der Waals surface area contributed by atoms with E-state index in [1.54, 1.807) is 6.92 Å². The molecule has 10 heteroatoms. The van der Waals surface area contributed by atoms with Gasteiger partial charge in [-0.2, -0.15) is 4.98 Å². The van der Waals surface area contributed by atoms with Gasteiger partial charge in [-0.25, -0.2) is 19.1 Å². The predicted molar refractivity (Wildman–Crippen MR) is 132 cm³/mol. The van der Waals surface area contributed by atoms with E-state index >= 15 is 0 Å². The van der Waals surface area contributed by atoms with Crippen molar-refractivity contribution in [1.82, 2.24) is 19.2 Å². The Kier molecular flexibility index (Phi) is 5.94. The Bertz CT molecular complexity index is 1470. The summed E-state index contributed by atoms with van der Waals surface area (Å²) in [6, 6.07) is 13.6. The molecule has 4 aromatic rings. The van der Waals surface area contributed by atoms with Crippen LogP contribution in [0.15, 0.2) is 53.6 Å². The van der Waals surface area contributed by atoms with Crippen molar-refractivity contribution in [2.45, 2.75) is 26.7 Å². The Hall–Kier alpha value is -3.85. The molecule has 0 fully saturated rings. The standard InChI is InChI=1S/C25H24ClN5O4/c1-4-29(5-2)17-11-12-18-19(13-17)35-23-21(20(18)15-7-9-16(26)10-8-15)22-28-24(32)31(25(33)34-6-3)30(22)14-27-23/h7-14,20H,4-6H2,1-3H3. The zero-order valence-electron chi connectivity index (χ0n) is 19.6. The molecule has 2 aromatic carbocycles. The monoisotopic (exact) mass is 493 g/mol. The van der Waals surface area contributed by atoms with Crippen LogP contribution in [0.3, 0.4) is 0 Å². The van der Waals surface area contributed by atoms with E-state index in [4.69, 9.17) is 21.1 Å². The first-order valence-corrected chi connectivity index (χ1v) is 11.8. The molecule has 0 radical (unpaired) electrons. The van der Waals surface area contributed by atoms with E-state index in [0.29, 0.717) is 22.2 Å². The van der Waals surface area contributed by atoms with Crippen LogP contribution in [0.1, 0.15) is 43.4 Å². The average molecular weight is 494 g/mol. The Morgan fingerprint density at radius 1 is 1.14 bits per heavy atom. The van der Waals surface area contributed by atoms with Gasteiger partial charge >= 0.3 is 11.8 Å². The summed E-state index contributed by atoms with van der Waals surface area (Å²) in [5, 5.41) is 0.609. The summed E-state index contributed by atoms with van der Waals surface area (Å²) in [5.74, 6) is 0.638. The molecule has 0 spiro atoms. The van der Waals surface area contributed by atoms with Gasteiger partial charge in [0.05, 0.1) is 12.2 Å². The van der Waals surface area contributed by atoms with E-state index < -0.39 is 11.8 Å². The summed E-state index contributed by atoms with van der Waals surface area (Å²) in [4.78, 5) is 36.0. The molecule has 0 saturated heterocycles. The minimum Gasteiger partial charge on any atom is -0.448 e. The second-order valence-corrected chi connectivity index (χ2v) is 8.45. The molecule has 5 rings (SSSR count). The molecule has 9 nitrogen and oxygen atoms in total. The van der Waals surface area contributed by atoms with Crippen molar-refractivity contribution < 1.29 is 14.3 Å². The van der Waals surface area contributed by atoms with E-state index in [-0.39, 0.29) is 18.2 Å². The average Bonchev–Trinajstić information content (AvgIpc) is 3.20. The SMILES string of the molecule is CCOC(=O)n1c(=O)nc2c3c(ncn21)Oc1cc(N(CC)CC)ccc1C3c1ccc(Cl)cc1. The van der Waals surface area contributed by atoms with E-state index in [2.05, 4.69) is 34.8 Å². The fourth-order valence-corrected chi connectivity index (χ4v) is 4.65. The minimum atomic E-state index is -0.823. The second kappa shape index (κ2) is 9.07. The zero-order valence-corrected chi connectivity index (χ0v) is 20.3. The maximum Gasteiger partial charge on any atom is 0.438 e. The maximum atomic E-state index is 12.7. The van der Waals surface area contributed by atoms with Gasteiger partial charge in [0.25, 0.3) is 0 Å². The van der Waals surface area contributed by atoms with Crippen LogP contribution in [0.4, 0.5) is 10.5 Å². The molecule has 0 saturated carbocycles. The lowest BCUT2D eigenvalue weighted by molar-refractivity contribution is 0.148. The smallest absolute Gasteiger partial charge is 0.438 e. The van der Waals surface area contributed by atoms with Gasteiger partial charge in [0, 0.05) is 41.3 Å². The molecule has 2 aromatic heterocycles. The number of fused-ring (bicyclic) bond motifs is 4. The van der Waals surface area contributed by atoms with Gasteiger partial charge < -0.3 is 14.4 Å². The highest BCUT2D eigenvalue weighted by Gasteiger charge is 2.34. The number of carbonyl (C=O) groups excluding carboxylic acids is 1. The van der Waals surface area contributed by atoms with E-state index in [1.165, 1.54) is 10.8 Å². The van der Waals surface area contributed by atoms with Gasteiger partial charge in [-0.05, 0) is 44.5 Å². The topological polar surface area (TPSA) is 91.0 Å². The molecule has 3 heterocycles. The summed E-state index contributed by atoms with van der Waals surface area (Å²) in [6.07, 6.45) is 0.522. The second-order valence-electron chi connectivity index (χ2n) is 8.02. The van der Waals surface area contributed by atoms with Crippen LogP contribution >= 0.6 is 11.6 Å². The fraction of sp³-hybridized carbons (Fsp3) is 0.280. The highest BCUT2D eigenvalue weighted by molar-refractivity contribution is 6.30. The molecular formula is C25H24ClN5O4. The predicted octanol–water partition coefficient (Wildman–Crippen LogP) is 4.68. The van der Waals surface area contributed by atoms with Crippen LogP contribution in [-0.2, 0) is 4.74 Å². The highest BCUT2D eigenvalue weighted by atomic mass is 35.5. The van der Waals surface area contributed by atoms with Gasteiger partial charge in [0.1, 0.15) is 12.1 Å². The van der Waals surface area contributed by atoms with E-state index in [9.17, 15) is 9.59 Å². The van der Waals surface area contributed by atoms with Crippen molar-refractivity contribution >= 4 is 29.0 Å². The lowest BCUT2D eigenvalue weighted by Crippen LogP contribution is -2.29. The third kappa shape index (κ3) is 3.81. The molecule has 0 N–H and O–H groups in total.